The fraction of sp³-hybridized carbons (Fsp3) is 0.588. The first-order chi connectivity index (χ1) is 11.4. The molecule has 7 heteroatoms. The van der Waals surface area contributed by atoms with Gasteiger partial charge in [0.25, 0.3) is 0 Å². The molecule has 1 aromatic carbocycles. The monoisotopic (exact) mass is 352 g/mol. The van der Waals surface area contributed by atoms with Gasteiger partial charge in [-0.3, -0.25) is 4.79 Å². The average Bonchev–Trinajstić information content (AvgIpc) is 2.55. The van der Waals surface area contributed by atoms with Crippen LogP contribution in [-0.2, 0) is 19.6 Å². The number of ether oxygens (including phenoxy) is 1. The largest absolute Gasteiger partial charge is 0.378 e. The topological polar surface area (TPSA) is 66.9 Å². The van der Waals surface area contributed by atoms with Crippen LogP contribution in [0.1, 0.15) is 33.1 Å². The first-order valence-electron chi connectivity index (χ1n) is 8.43. The van der Waals surface area contributed by atoms with Gasteiger partial charge in [-0.2, -0.15) is 4.31 Å². The maximum absolute atomic E-state index is 12.9. The smallest absolute Gasteiger partial charge is 0.243 e. The van der Waals surface area contributed by atoms with E-state index in [9.17, 15) is 13.2 Å². The zero-order valence-corrected chi connectivity index (χ0v) is 15.0. The summed E-state index contributed by atoms with van der Waals surface area (Å²) in [6.07, 6.45) is 2.46. The van der Waals surface area contributed by atoms with Gasteiger partial charge in [-0.05, 0) is 51.0 Å². The predicted octanol–water partition coefficient (Wildman–Crippen LogP) is 2.00. The highest BCUT2D eigenvalue weighted by molar-refractivity contribution is 7.89. The van der Waals surface area contributed by atoms with Gasteiger partial charge < -0.3 is 9.64 Å². The summed E-state index contributed by atoms with van der Waals surface area (Å²) in [5, 5.41) is 0. The Labute approximate surface area is 143 Å². The standard InChI is InChI=1S/C17H24N2O4S/c1-13-11-23-12-14(2)19(13)24(21,22)16-8-6-15(7-9-16)18-10-4-3-5-17(18)20/h6-9,13-14H,3-5,10-12H2,1-2H3. The fourth-order valence-electron chi connectivity index (χ4n) is 3.46. The third-order valence-electron chi connectivity index (χ3n) is 4.63. The van der Waals surface area contributed by atoms with Crippen molar-refractivity contribution in [3.63, 3.8) is 0 Å². The van der Waals surface area contributed by atoms with Gasteiger partial charge in [-0.1, -0.05) is 0 Å². The van der Waals surface area contributed by atoms with E-state index in [0.29, 0.717) is 26.2 Å². The second-order valence-corrected chi connectivity index (χ2v) is 8.41. The molecule has 0 N–H and O–H groups in total. The van der Waals surface area contributed by atoms with Crippen molar-refractivity contribution in [2.45, 2.75) is 50.1 Å². The van der Waals surface area contributed by atoms with Gasteiger partial charge in [-0.25, -0.2) is 8.42 Å². The molecule has 2 aliphatic rings. The van der Waals surface area contributed by atoms with Crippen LogP contribution in [0.4, 0.5) is 5.69 Å². The first-order valence-corrected chi connectivity index (χ1v) is 9.87. The van der Waals surface area contributed by atoms with Crippen molar-refractivity contribution in [2.24, 2.45) is 0 Å². The molecule has 0 aromatic heterocycles. The summed E-state index contributed by atoms with van der Waals surface area (Å²) in [7, 11) is -3.57. The number of hydrogen-bond acceptors (Lipinski definition) is 4. The number of benzene rings is 1. The van der Waals surface area contributed by atoms with Crippen molar-refractivity contribution in [1.82, 2.24) is 4.31 Å². The summed E-state index contributed by atoms with van der Waals surface area (Å²) in [6, 6.07) is 6.27. The number of piperidine rings is 1. The highest BCUT2D eigenvalue weighted by Crippen LogP contribution is 2.27. The molecular formula is C17H24N2O4S. The zero-order chi connectivity index (χ0) is 17.3. The summed E-state index contributed by atoms with van der Waals surface area (Å²) in [4.78, 5) is 14.0. The van der Waals surface area contributed by atoms with E-state index in [1.807, 2.05) is 13.8 Å². The molecule has 2 fully saturated rings. The number of carbonyl (C=O) groups excluding carboxylic acids is 1. The minimum absolute atomic E-state index is 0.104. The SMILES string of the molecule is CC1COCC(C)N1S(=O)(=O)c1ccc(N2CCCCC2=O)cc1. The predicted molar refractivity (Wildman–Crippen MR) is 91.4 cm³/mol. The van der Waals surface area contributed by atoms with Gasteiger partial charge in [-0.15, -0.1) is 0 Å². The molecule has 2 aliphatic heterocycles. The van der Waals surface area contributed by atoms with E-state index in [0.717, 1.165) is 18.5 Å². The van der Waals surface area contributed by atoms with Crippen LogP contribution in [0.3, 0.4) is 0 Å². The minimum atomic E-state index is -3.57. The van der Waals surface area contributed by atoms with Crippen LogP contribution in [-0.4, -0.2) is 50.5 Å². The van der Waals surface area contributed by atoms with E-state index in [1.54, 1.807) is 29.2 Å². The number of carbonyl (C=O) groups is 1. The Morgan fingerprint density at radius 3 is 2.25 bits per heavy atom. The van der Waals surface area contributed by atoms with Gasteiger partial charge in [0.15, 0.2) is 0 Å². The van der Waals surface area contributed by atoms with Crippen LogP contribution in [0, 0.1) is 0 Å². The summed E-state index contributed by atoms with van der Waals surface area (Å²) < 4.78 is 32.8. The number of rotatable bonds is 3. The zero-order valence-electron chi connectivity index (χ0n) is 14.1. The average molecular weight is 352 g/mol. The number of morpholine rings is 1. The molecule has 0 aliphatic carbocycles. The summed E-state index contributed by atoms with van der Waals surface area (Å²) in [5.41, 5.74) is 0.765. The summed E-state index contributed by atoms with van der Waals surface area (Å²) in [6.45, 7) is 5.22. The number of sulfonamides is 1. The Morgan fingerprint density at radius 1 is 1.04 bits per heavy atom. The van der Waals surface area contributed by atoms with Crippen molar-refractivity contribution >= 4 is 21.6 Å². The van der Waals surface area contributed by atoms with Gasteiger partial charge in [0.2, 0.25) is 15.9 Å². The third-order valence-corrected chi connectivity index (χ3v) is 6.78. The van der Waals surface area contributed by atoms with Crippen LogP contribution < -0.4 is 4.90 Å². The molecule has 132 valence electrons. The van der Waals surface area contributed by atoms with Crippen molar-refractivity contribution in [3.8, 4) is 0 Å². The maximum Gasteiger partial charge on any atom is 0.243 e. The van der Waals surface area contributed by atoms with Crippen molar-refractivity contribution in [3.05, 3.63) is 24.3 Å². The number of hydrogen-bond donors (Lipinski definition) is 0. The van der Waals surface area contributed by atoms with Crippen LogP contribution in [0.2, 0.25) is 0 Å². The van der Waals surface area contributed by atoms with E-state index in [-0.39, 0.29) is 22.9 Å². The Morgan fingerprint density at radius 2 is 1.67 bits per heavy atom. The molecule has 3 rings (SSSR count). The lowest BCUT2D eigenvalue weighted by Gasteiger charge is -2.37. The Hall–Kier alpha value is -1.44. The minimum Gasteiger partial charge on any atom is -0.378 e. The molecule has 0 spiro atoms. The highest BCUT2D eigenvalue weighted by Gasteiger charge is 2.36. The van der Waals surface area contributed by atoms with Crippen LogP contribution in [0.25, 0.3) is 0 Å². The molecule has 2 atom stereocenters. The second-order valence-electron chi connectivity index (χ2n) is 6.57. The molecule has 0 radical (unpaired) electrons. The van der Waals surface area contributed by atoms with E-state index < -0.39 is 10.0 Å². The normalized spacial score (nSPS) is 26.6. The van der Waals surface area contributed by atoms with E-state index in [1.165, 1.54) is 4.31 Å². The quantitative estimate of drug-likeness (QED) is 0.834. The van der Waals surface area contributed by atoms with E-state index in [2.05, 4.69) is 0 Å². The van der Waals surface area contributed by atoms with E-state index in [4.69, 9.17) is 4.74 Å². The molecule has 0 saturated carbocycles. The van der Waals surface area contributed by atoms with Crippen LogP contribution in [0.15, 0.2) is 29.2 Å². The molecular weight excluding hydrogens is 328 g/mol. The Bertz CT molecular complexity index is 692. The van der Waals surface area contributed by atoms with Crippen molar-refractivity contribution in [2.75, 3.05) is 24.7 Å². The second kappa shape index (κ2) is 6.82. The van der Waals surface area contributed by atoms with Crippen molar-refractivity contribution in [1.29, 1.82) is 0 Å². The molecule has 0 bridgehead atoms. The lowest BCUT2D eigenvalue weighted by Crippen LogP contribution is -2.52. The van der Waals surface area contributed by atoms with Gasteiger partial charge in [0.05, 0.1) is 18.1 Å². The van der Waals surface area contributed by atoms with E-state index >= 15 is 0 Å². The summed E-state index contributed by atoms with van der Waals surface area (Å²) >= 11 is 0. The fourth-order valence-corrected chi connectivity index (χ4v) is 5.26. The molecule has 1 aromatic rings. The Kier molecular flexibility index (Phi) is 4.94. The number of amides is 1. The molecule has 2 saturated heterocycles. The molecule has 2 unspecified atom stereocenters. The van der Waals surface area contributed by atoms with Gasteiger partial charge in [0.1, 0.15) is 0 Å². The molecule has 1 amide bonds. The Balaban J connectivity index is 1.85. The maximum atomic E-state index is 12.9. The highest BCUT2D eigenvalue weighted by atomic mass is 32.2. The number of anilines is 1. The third kappa shape index (κ3) is 3.20. The lowest BCUT2D eigenvalue weighted by molar-refractivity contribution is -0.119. The van der Waals surface area contributed by atoms with Gasteiger partial charge in [0, 0.05) is 30.7 Å². The van der Waals surface area contributed by atoms with Crippen LogP contribution in [0.5, 0.6) is 0 Å². The number of nitrogens with zero attached hydrogens (tertiary/aromatic N) is 2. The lowest BCUT2D eigenvalue weighted by atomic mass is 10.1. The van der Waals surface area contributed by atoms with Crippen LogP contribution >= 0.6 is 0 Å². The summed E-state index contributed by atoms with van der Waals surface area (Å²) in [5.74, 6) is 0.104. The van der Waals surface area contributed by atoms with Crippen molar-refractivity contribution < 1.29 is 17.9 Å². The molecule has 24 heavy (non-hydrogen) atoms. The first kappa shape index (κ1) is 17.4. The van der Waals surface area contributed by atoms with Gasteiger partial charge >= 0.3 is 0 Å². The molecule has 6 nitrogen and oxygen atoms in total. The molecule has 2 heterocycles.